The molecular weight excluding hydrogens is 222 g/mol. The van der Waals surface area contributed by atoms with Crippen LogP contribution < -0.4 is 16.8 Å². The van der Waals surface area contributed by atoms with Gasteiger partial charge < -0.3 is 16.8 Å². The molecule has 92 valence electrons. The highest BCUT2D eigenvalue weighted by atomic mass is 16.2. The van der Waals surface area contributed by atoms with Crippen LogP contribution in [0.4, 0.5) is 5.69 Å². The number of aromatic nitrogens is 2. The Labute approximate surface area is 98.1 Å². The Kier molecular flexibility index (Phi) is 2.99. The fourth-order valence-electron chi connectivity index (χ4n) is 1.93. The first kappa shape index (κ1) is 11.4. The maximum absolute atomic E-state index is 11.8. The molecule has 1 saturated heterocycles. The summed E-state index contributed by atoms with van der Waals surface area (Å²) in [7, 11) is 0. The number of carbonyl (C=O) groups is 2. The van der Waals surface area contributed by atoms with E-state index in [-0.39, 0.29) is 17.3 Å². The van der Waals surface area contributed by atoms with Gasteiger partial charge in [0.25, 0.3) is 5.91 Å². The molecule has 7 heteroatoms. The number of nitrogen functional groups attached to an aromatic ring is 1. The van der Waals surface area contributed by atoms with Gasteiger partial charge in [-0.05, 0) is 19.3 Å². The lowest BCUT2D eigenvalue weighted by Crippen LogP contribution is -2.31. The molecule has 1 aliphatic heterocycles. The zero-order valence-electron chi connectivity index (χ0n) is 9.35. The molecule has 1 aromatic heterocycles. The number of hydrogen-bond acceptors (Lipinski definition) is 4. The monoisotopic (exact) mass is 237 g/mol. The molecule has 0 spiro atoms. The van der Waals surface area contributed by atoms with E-state index in [1.165, 1.54) is 10.9 Å². The van der Waals surface area contributed by atoms with E-state index in [9.17, 15) is 9.59 Å². The third kappa shape index (κ3) is 2.22. The van der Waals surface area contributed by atoms with Crippen molar-refractivity contribution in [3.8, 4) is 0 Å². The molecule has 1 aromatic rings. The highest BCUT2D eigenvalue weighted by Gasteiger charge is 2.25. The molecular formula is C10H15N5O2. The van der Waals surface area contributed by atoms with E-state index in [4.69, 9.17) is 11.5 Å². The largest absolute Gasteiger partial charge is 0.396 e. The smallest absolute Gasteiger partial charge is 0.271 e. The Hall–Kier alpha value is -2.05. The lowest BCUT2D eigenvalue weighted by molar-refractivity contribution is -0.124. The van der Waals surface area contributed by atoms with E-state index in [2.05, 4.69) is 10.4 Å². The quantitative estimate of drug-likeness (QED) is 0.637. The van der Waals surface area contributed by atoms with Crippen molar-refractivity contribution in [2.24, 2.45) is 5.73 Å². The second-order valence-corrected chi connectivity index (χ2v) is 4.08. The predicted octanol–water partition coefficient (Wildman–Crippen LogP) is -0.595. The van der Waals surface area contributed by atoms with Crippen LogP contribution in [-0.4, -0.2) is 28.1 Å². The van der Waals surface area contributed by atoms with Crippen LogP contribution in [0.3, 0.4) is 0 Å². The van der Waals surface area contributed by atoms with E-state index in [1.807, 2.05) is 0 Å². The number of carbonyl (C=O) groups excluding carboxylic acids is 2. The van der Waals surface area contributed by atoms with Crippen molar-refractivity contribution in [3.05, 3.63) is 11.9 Å². The van der Waals surface area contributed by atoms with Crippen molar-refractivity contribution in [1.82, 2.24) is 15.1 Å². The summed E-state index contributed by atoms with van der Waals surface area (Å²) in [5, 5.41) is 6.78. The predicted molar refractivity (Wildman–Crippen MR) is 61.1 cm³/mol. The van der Waals surface area contributed by atoms with Gasteiger partial charge in [0.2, 0.25) is 5.91 Å². The Balaban J connectivity index is 2.29. The second-order valence-electron chi connectivity index (χ2n) is 4.08. The van der Waals surface area contributed by atoms with Crippen LogP contribution in [0, 0.1) is 0 Å². The van der Waals surface area contributed by atoms with Gasteiger partial charge in [-0.25, -0.2) is 0 Å². The first-order valence-corrected chi connectivity index (χ1v) is 5.51. The molecule has 17 heavy (non-hydrogen) atoms. The number of rotatable bonds is 2. The van der Waals surface area contributed by atoms with Gasteiger partial charge in [-0.3, -0.25) is 14.3 Å². The Bertz CT molecular complexity index is 454. The molecule has 1 unspecified atom stereocenters. The maximum Gasteiger partial charge on any atom is 0.271 e. The summed E-state index contributed by atoms with van der Waals surface area (Å²) in [6, 6.07) is -0.409. The Morgan fingerprint density at radius 2 is 2.29 bits per heavy atom. The summed E-state index contributed by atoms with van der Waals surface area (Å²) in [6.07, 6.45) is 4.04. The summed E-state index contributed by atoms with van der Waals surface area (Å²) in [5.74, 6) is -0.781. The second kappa shape index (κ2) is 4.44. The third-order valence-electron chi connectivity index (χ3n) is 2.82. The number of primary amides is 1. The van der Waals surface area contributed by atoms with Crippen LogP contribution in [0.2, 0.25) is 0 Å². The SMILES string of the molecule is NC(=O)c1nn(C2CCCCNC2=O)cc1N. The number of anilines is 1. The zero-order valence-corrected chi connectivity index (χ0v) is 9.35. The topological polar surface area (TPSA) is 116 Å². The molecule has 1 aliphatic rings. The number of hydrogen-bond donors (Lipinski definition) is 3. The molecule has 2 amide bonds. The molecule has 2 heterocycles. The molecule has 2 rings (SSSR count). The fourth-order valence-corrected chi connectivity index (χ4v) is 1.93. The van der Waals surface area contributed by atoms with Crippen LogP contribution in [0.1, 0.15) is 35.8 Å². The first-order chi connectivity index (χ1) is 8.09. The minimum Gasteiger partial charge on any atom is -0.396 e. The maximum atomic E-state index is 11.8. The molecule has 1 fully saturated rings. The molecule has 0 saturated carbocycles. The minimum absolute atomic E-state index is 0.0158. The van der Waals surface area contributed by atoms with E-state index in [0.717, 1.165) is 12.8 Å². The van der Waals surface area contributed by atoms with Gasteiger partial charge in [0.1, 0.15) is 6.04 Å². The van der Waals surface area contributed by atoms with E-state index < -0.39 is 11.9 Å². The Morgan fingerprint density at radius 3 is 2.94 bits per heavy atom. The van der Waals surface area contributed by atoms with Crippen molar-refractivity contribution in [3.63, 3.8) is 0 Å². The number of nitrogens with zero attached hydrogens (tertiary/aromatic N) is 2. The van der Waals surface area contributed by atoms with E-state index in [1.54, 1.807) is 0 Å². The number of nitrogens with one attached hydrogen (secondary N) is 1. The summed E-state index contributed by atoms with van der Waals surface area (Å²) < 4.78 is 1.43. The van der Waals surface area contributed by atoms with Crippen molar-refractivity contribution in [2.75, 3.05) is 12.3 Å². The summed E-state index contributed by atoms with van der Waals surface area (Å²) in [6.45, 7) is 0.675. The molecule has 0 aromatic carbocycles. The van der Waals surface area contributed by atoms with Crippen LogP contribution in [-0.2, 0) is 4.79 Å². The van der Waals surface area contributed by atoms with Crippen LogP contribution in [0.5, 0.6) is 0 Å². The molecule has 1 atom stereocenters. The van der Waals surface area contributed by atoms with Crippen molar-refractivity contribution in [1.29, 1.82) is 0 Å². The lowest BCUT2D eigenvalue weighted by Gasteiger charge is -2.12. The summed E-state index contributed by atoms with van der Waals surface area (Å²) in [5.41, 5.74) is 11.0. The van der Waals surface area contributed by atoms with Crippen molar-refractivity contribution < 1.29 is 9.59 Å². The highest BCUT2D eigenvalue weighted by Crippen LogP contribution is 2.20. The summed E-state index contributed by atoms with van der Waals surface area (Å²) in [4.78, 5) is 22.8. The normalized spacial score (nSPS) is 20.7. The molecule has 7 nitrogen and oxygen atoms in total. The van der Waals surface area contributed by atoms with Crippen LogP contribution >= 0.6 is 0 Å². The van der Waals surface area contributed by atoms with Gasteiger partial charge in [-0.2, -0.15) is 5.10 Å². The van der Waals surface area contributed by atoms with Crippen LogP contribution in [0.15, 0.2) is 6.20 Å². The first-order valence-electron chi connectivity index (χ1n) is 5.51. The molecule has 0 radical (unpaired) electrons. The van der Waals surface area contributed by atoms with E-state index >= 15 is 0 Å². The fraction of sp³-hybridized carbons (Fsp3) is 0.500. The average molecular weight is 237 g/mol. The lowest BCUT2D eigenvalue weighted by atomic mass is 10.1. The molecule has 5 N–H and O–H groups in total. The highest BCUT2D eigenvalue weighted by molar-refractivity contribution is 5.95. The van der Waals surface area contributed by atoms with Gasteiger partial charge in [0, 0.05) is 12.7 Å². The molecule has 0 aliphatic carbocycles. The van der Waals surface area contributed by atoms with Gasteiger partial charge in [-0.1, -0.05) is 0 Å². The number of nitrogens with two attached hydrogens (primary N) is 2. The van der Waals surface area contributed by atoms with Gasteiger partial charge >= 0.3 is 0 Å². The molecule has 0 bridgehead atoms. The van der Waals surface area contributed by atoms with Gasteiger partial charge in [0.05, 0.1) is 5.69 Å². The number of amides is 2. The average Bonchev–Trinajstić information content (AvgIpc) is 2.51. The van der Waals surface area contributed by atoms with E-state index in [0.29, 0.717) is 13.0 Å². The minimum atomic E-state index is -0.685. The van der Waals surface area contributed by atoms with Crippen molar-refractivity contribution >= 4 is 17.5 Å². The van der Waals surface area contributed by atoms with Gasteiger partial charge in [-0.15, -0.1) is 0 Å². The van der Waals surface area contributed by atoms with Gasteiger partial charge in [0.15, 0.2) is 5.69 Å². The van der Waals surface area contributed by atoms with Crippen LogP contribution in [0.25, 0.3) is 0 Å². The summed E-state index contributed by atoms with van der Waals surface area (Å²) >= 11 is 0. The third-order valence-corrected chi connectivity index (χ3v) is 2.82. The zero-order chi connectivity index (χ0) is 12.4. The van der Waals surface area contributed by atoms with Crippen molar-refractivity contribution in [2.45, 2.75) is 25.3 Å². The Morgan fingerprint density at radius 1 is 1.53 bits per heavy atom. The standard InChI is InChI=1S/C10H15N5O2/c11-6-5-15(14-8(6)9(12)16)7-3-1-2-4-13-10(7)17/h5,7H,1-4,11H2,(H2,12,16)(H,13,17).